The first-order chi connectivity index (χ1) is 15.7. The number of fused-ring (bicyclic) bond motifs is 2. The third kappa shape index (κ3) is 6.21. The first-order valence-electron chi connectivity index (χ1n) is 11.2. The van der Waals surface area contributed by atoms with Crippen molar-refractivity contribution in [3.8, 4) is 0 Å². The Kier molecular flexibility index (Phi) is 7.54. The van der Waals surface area contributed by atoms with Crippen LogP contribution in [0.3, 0.4) is 0 Å². The number of piperidine rings is 2. The molecule has 0 radical (unpaired) electrons. The summed E-state index contributed by atoms with van der Waals surface area (Å²) in [5.41, 5.74) is 5.45. The Balaban J connectivity index is 1.58. The van der Waals surface area contributed by atoms with Crippen molar-refractivity contribution in [1.29, 1.82) is 0 Å². The number of esters is 1. The van der Waals surface area contributed by atoms with E-state index in [4.69, 9.17) is 44.6 Å². The zero-order chi connectivity index (χ0) is 23.6. The van der Waals surface area contributed by atoms with Gasteiger partial charge in [-0.2, -0.15) is 5.10 Å². The van der Waals surface area contributed by atoms with Crippen LogP contribution in [-0.4, -0.2) is 46.1 Å². The van der Waals surface area contributed by atoms with E-state index in [1.54, 1.807) is 0 Å². The van der Waals surface area contributed by atoms with Crippen molar-refractivity contribution in [3.05, 3.63) is 59.7 Å². The normalized spacial score (nSPS) is 23.9. The highest BCUT2D eigenvalue weighted by molar-refractivity contribution is 6.67. The summed E-state index contributed by atoms with van der Waals surface area (Å²) in [6.45, 7) is 5.33. The molecule has 0 saturated carbocycles. The maximum absolute atomic E-state index is 12.8. The number of benzene rings is 2. The molecule has 2 saturated heterocycles. The zero-order valence-electron chi connectivity index (χ0n) is 18.8. The van der Waals surface area contributed by atoms with Gasteiger partial charge in [0.2, 0.25) is 3.79 Å². The monoisotopic (exact) mass is 507 g/mol. The number of hydrogen-bond acceptors (Lipinski definition) is 5. The van der Waals surface area contributed by atoms with Gasteiger partial charge in [0.1, 0.15) is 12.6 Å². The predicted octanol–water partition coefficient (Wildman–Crippen LogP) is 6.20. The molecule has 4 rings (SSSR count). The third-order valence-corrected chi connectivity index (χ3v) is 6.49. The van der Waals surface area contributed by atoms with E-state index in [9.17, 15) is 4.79 Å². The van der Waals surface area contributed by atoms with Crippen LogP contribution in [0.4, 0.5) is 11.4 Å². The molecule has 3 atom stereocenters. The number of ether oxygens (including phenoxy) is 1. The summed E-state index contributed by atoms with van der Waals surface area (Å²) >= 11 is 17.3. The lowest BCUT2D eigenvalue weighted by Crippen LogP contribution is -2.57. The van der Waals surface area contributed by atoms with Gasteiger partial charge in [0.15, 0.2) is 0 Å². The number of alkyl halides is 3. The number of hydrazone groups is 1. The molecular formula is C25H28Cl3N3O2. The molecule has 8 heteroatoms. The van der Waals surface area contributed by atoms with E-state index < -0.39 is 3.79 Å². The molecule has 5 nitrogen and oxygen atoms in total. The van der Waals surface area contributed by atoms with Gasteiger partial charge in [-0.3, -0.25) is 9.69 Å². The summed E-state index contributed by atoms with van der Waals surface area (Å²) in [7, 11) is 0. The Bertz CT molecular complexity index is 942. The molecule has 176 valence electrons. The van der Waals surface area contributed by atoms with Crippen LogP contribution in [0.5, 0.6) is 0 Å². The number of carbonyl (C=O) groups is 1. The molecule has 2 aliphatic heterocycles. The summed E-state index contributed by atoms with van der Waals surface area (Å²) in [5.74, 6) is -0.189. The fourth-order valence-electron chi connectivity index (χ4n) is 4.57. The van der Waals surface area contributed by atoms with Gasteiger partial charge < -0.3 is 4.74 Å². The van der Waals surface area contributed by atoms with Gasteiger partial charge in [-0.15, -0.1) is 0 Å². The number of halogens is 3. The molecule has 2 aromatic carbocycles. The molecule has 0 N–H and O–H groups in total. The van der Waals surface area contributed by atoms with Crippen LogP contribution in [0.2, 0.25) is 0 Å². The molecule has 0 aliphatic carbocycles. The maximum Gasteiger partial charge on any atom is 0.323 e. The Morgan fingerprint density at radius 2 is 1.64 bits per heavy atom. The summed E-state index contributed by atoms with van der Waals surface area (Å²) in [5, 5.41) is 7.08. The van der Waals surface area contributed by atoms with Crippen LogP contribution in [0.15, 0.2) is 53.6 Å². The van der Waals surface area contributed by atoms with Crippen molar-refractivity contribution >= 4 is 57.9 Å². The van der Waals surface area contributed by atoms with Crippen molar-refractivity contribution in [2.45, 2.75) is 42.9 Å². The number of aryl methyl sites for hydroxylation is 2. The van der Waals surface area contributed by atoms with Crippen LogP contribution in [0.25, 0.3) is 0 Å². The fourth-order valence-corrected chi connectivity index (χ4v) is 4.74. The summed E-state index contributed by atoms with van der Waals surface area (Å²) in [6.07, 6.45) is 2.72. The lowest BCUT2D eigenvalue weighted by molar-refractivity contribution is -0.154. The molecule has 2 heterocycles. The molecule has 2 aromatic rings. The number of carbonyl (C=O) groups excluding carboxylic acids is 1. The highest BCUT2D eigenvalue weighted by atomic mass is 35.6. The van der Waals surface area contributed by atoms with Crippen LogP contribution in [0.1, 0.15) is 30.4 Å². The SMILES string of the molecule is Cc1ccc(N(N=C2CC3CCCN(C2)C3C(=O)OCC(Cl)(Cl)Cl)c2ccc(C)cc2)cc1. The minimum Gasteiger partial charge on any atom is -0.460 e. The third-order valence-electron chi connectivity index (χ3n) is 6.16. The van der Waals surface area contributed by atoms with E-state index in [0.717, 1.165) is 42.9 Å². The molecule has 2 aliphatic rings. The molecular weight excluding hydrogens is 481 g/mol. The van der Waals surface area contributed by atoms with Gasteiger partial charge in [-0.05, 0) is 69.8 Å². The highest BCUT2D eigenvalue weighted by Crippen LogP contribution is 2.35. The largest absolute Gasteiger partial charge is 0.460 e. The number of hydrogen-bond donors (Lipinski definition) is 0. The van der Waals surface area contributed by atoms with E-state index in [0.29, 0.717) is 6.54 Å². The lowest BCUT2D eigenvalue weighted by Gasteiger charge is -2.44. The minimum atomic E-state index is -1.61. The predicted molar refractivity (Wildman–Crippen MR) is 136 cm³/mol. The molecule has 0 spiro atoms. The van der Waals surface area contributed by atoms with Crippen molar-refractivity contribution in [3.63, 3.8) is 0 Å². The van der Waals surface area contributed by atoms with Crippen LogP contribution < -0.4 is 5.01 Å². The average Bonchev–Trinajstić information content (AvgIpc) is 2.76. The van der Waals surface area contributed by atoms with Crippen molar-refractivity contribution in [1.82, 2.24) is 4.90 Å². The summed E-state index contributed by atoms with van der Waals surface area (Å²) < 4.78 is 3.73. The summed E-state index contributed by atoms with van der Waals surface area (Å²) in [6, 6.07) is 16.4. The summed E-state index contributed by atoms with van der Waals surface area (Å²) in [4.78, 5) is 15.0. The van der Waals surface area contributed by atoms with Crippen molar-refractivity contribution in [2.75, 3.05) is 24.7 Å². The smallest absolute Gasteiger partial charge is 0.323 e. The number of rotatable bonds is 5. The van der Waals surface area contributed by atoms with Crippen LogP contribution in [-0.2, 0) is 9.53 Å². The Morgan fingerprint density at radius 3 is 2.15 bits per heavy atom. The van der Waals surface area contributed by atoms with Gasteiger partial charge in [0.05, 0.1) is 17.1 Å². The highest BCUT2D eigenvalue weighted by Gasteiger charge is 2.43. The Hall–Kier alpha value is -1.79. The molecule has 2 fully saturated rings. The lowest BCUT2D eigenvalue weighted by atomic mass is 9.81. The molecule has 0 amide bonds. The van der Waals surface area contributed by atoms with E-state index in [1.807, 2.05) is 5.01 Å². The maximum atomic E-state index is 12.8. The Morgan fingerprint density at radius 1 is 1.06 bits per heavy atom. The number of anilines is 2. The average molecular weight is 509 g/mol. The van der Waals surface area contributed by atoms with E-state index >= 15 is 0 Å². The van der Waals surface area contributed by atoms with Crippen LogP contribution in [0, 0.1) is 19.8 Å². The second kappa shape index (κ2) is 10.2. The fraction of sp³-hybridized carbons (Fsp3) is 0.440. The zero-order valence-corrected chi connectivity index (χ0v) is 21.1. The second-order valence-corrected chi connectivity index (χ2v) is 11.4. The van der Waals surface area contributed by atoms with E-state index in [-0.39, 0.29) is 24.5 Å². The van der Waals surface area contributed by atoms with E-state index in [1.165, 1.54) is 11.1 Å². The Labute approximate surface area is 210 Å². The first kappa shape index (κ1) is 24.3. The van der Waals surface area contributed by atoms with Gasteiger partial charge in [0.25, 0.3) is 0 Å². The van der Waals surface area contributed by atoms with Gasteiger partial charge in [-0.25, -0.2) is 5.01 Å². The molecule has 0 aromatic heterocycles. The van der Waals surface area contributed by atoms with Crippen LogP contribution >= 0.6 is 34.8 Å². The quantitative estimate of drug-likeness (QED) is 0.274. The minimum absolute atomic E-state index is 0.131. The number of nitrogens with zero attached hydrogens (tertiary/aromatic N) is 3. The van der Waals surface area contributed by atoms with Crippen molar-refractivity contribution < 1.29 is 9.53 Å². The van der Waals surface area contributed by atoms with Gasteiger partial charge in [0, 0.05) is 6.54 Å². The molecule has 3 unspecified atom stereocenters. The molecule has 33 heavy (non-hydrogen) atoms. The second-order valence-electron chi connectivity index (χ2n) is 8.89. The topological polar surface area (TPSA) is 45.1 Å². The molecule has 2 bridgehead atoms. The van der Waals surface area contributed by atoms with Crippen molar-refractivity contribution in [2.24, 2.45) is 11.0 Å². The van der Waals surface area contributed by atoms with Gasteiger partial charge >= 0.3 is 5.97 Å². The first-order valence-corrected chi connectivity index (χ1v) is 12.3. The van der Waals surface area contributed by atoms with E-state index in [2.05, 4.69) is 67.3 Å². The standard InChI is InChI=1S/C25H28Cl3N3O2/c1-17-5-9-21(10-6-17)31(22-11-7-18(2)8-12-22)29-20-14-19-4-3-13-30(15-20)23(19)24(32)33-16-25(26,27)28/h5-12,19,23H,3-4,13-16H2,1-2H3. The van der Waals surface area contributed by atoms with Gasteiger partial charge in [-0.1, -0.05) is 70.2 Å².